The molecule has 1 aliphatic carbocycles. The predicted octanol–water partition coefficient (Wildman–Crippen LogP) is 2.72. The van der Waals surface area contributed by atoms with E-state index >= 15 is 0 Å². The summed E-state index contributed by atoms with van der Waals surface area (Å²) in [7, 11) is 2.86. The number of hydrogen-bond acceptors (Lipinski definition) is 7. The Balaban J connectivity index is 1.60. The first-order chi connectivity index (χ1) is 15.4. The maximum atomic E-state index is 14.5. The number of methoxy groups -OCH3 is 1. The number of hydrogen-bond donors (Lipinski definition) is 3. The van der Waals surface area contributed by atoms with Crippen LogP contribution in [0.25, 0.3) is 11.7 Å². The number of fused-ring (bicyclic) bond motifs is 1. The first kappa shape index (κ1) is 19.8. The van der Waals surface area contributed by atoms with Crippen molar-refractivity contribution in [2.24, 2.45) is 0 Å². The molecule has 1 saturated heterocycles. The summed E-state index contributed by atoms with van der Waals surface area (Å²) in [4.78, 5) is 29.6. The van der Waals surface area contributed by atoms with E-state index in [4.69, 9.17) is 4.74 Å². The van der Waals surface area contributed by atoms with Crippen molar-refractivity contribution in [1.82, 2.24) is 24.8 Å². The molecule has 2 fully saturated rings. The third-order valence-electron chi connectivity index (χ3n) is 5.26. The van der Waals surface area contributed by atoms with Gasteiger partial charge in [0.1, 0.15) is 28.8 Å². The molecule has 0 bridgehead atoms. The van der Waals surface area contributed by atoms with Gasteiger partial charge < -0.3 is 20.7 Å². The molecule has 1 aliphatic heterocycles. The zero-order chi connectivity index (χ0) is 22.4. The molecule has 10 nitrogen and oxygen atoms in total. The Hall–Kier alpha value is -4.15. The van der Waals surface area contributed by atoms with E-state index in [-0.39, 0.29) is 11.4 Å². The van der Waals surface area contributed by atoms with Crippen LogP contribution in [0, 0.1) is 5.82 Å². The van der Waals surface area contributed by atoms with E-state index in [1.807, 2.05) is 0 Å². The van der Waals surface area contributed by atoms with Crippen LogP contribution >= 0.6 is 0 Å². The summed E-state index contributed by atoms with van der Waals surface area (Å²) in [5.41, 5.74) is 1.23. The molecule has 3 N–H and O–H groups in total. The number of ether oxygens (including phenoxy) is 1. The lowest BCUT2D eigenvalue weighted by molar-refractivity contribution is -0.121. The van der Waals surface area contributed by atoms with E-state index in [0.717, 1.165) is 17.7 Å². The number of urea groups is 1. The van der Waals surface area contributed by atoms with E-state index in [9.17, 15) is 14.0 Å². The first-order valence-electron chi connectivity index (χ1n) is 10.00. The van der Waals surface area contributed by atoms with Crippen LogP contribution in [0.4, 0.5) is 26.5 Å². The summed E-state index contributed by atoms with van der Waals surface area (Å²) in [6.07, 6.45) is 5.16. The molecule has 0 radical (unpaired) electrons. The lowest BCUT2D eigenvalue weighted by Crippen LogP contribution is -2.25. The van der Waals surface area contributed by atoms with Crippen molar-refractivity contribution in [3.8, 4) is 5.75 Å². The van der Waals surface area contributed by atoms with Gasteiger partial charge in [-0.3, -0.25) is 9.69 Å². The van der Waals surface area contributed by atoms with Crippen LogP contribution in [0.15, 0.2) is 36.2 Å². The molecule has 11 heteroatoms. The Morgan fingerprint density at radius 3 is 2.81 bits per heavy atom. The number of rotatable bonds is 6. The number of carbonyl (C=O) groups excluding carboxylic acids is 2. The summed E-state index contributed by atoms with van der Waals surface area (Å²) >= 11 is 0. The number of benzene rings is 1. The van der Waals surface area contributed by atoms with Crippen LogP contribution in [0.5, 0.6) is 5.75 Å². The van der Waals surface area contributed by atoms with Crippen molar-refractivity contribution in [3.05, 3.63) is 47.5 Å². The highest BCUT2D eigenvalue weighted by Gasteiger charge is 2.30. The third-order valence-corrected chi connectivity index (χ3v) is 5.26. The minimum absolute atomic E-state index is 0.125. The third kappa shape index (κ3) is 3.47. The van der Waals surface area contributed by atoms with Crippen LogP contribution in [-0.2, 0) is 4.79 Å². The molecule has 32 heavy (non-hydrogen) atoms. The summed E-state index contributed by atoms with van der Waals surface area (Å²) in [5.74, 6) is 0.431. The molecule has 0 spiro atoms. The maximum Gasteiger partial charge on any atom is 0.328 e. The van der Waals surface area contributed by atoms with Crippen LogP contribution in [0.2, 0.25) is 0 Å². The van der Waals surface area contributed by atoms with Crippen molar-refractivity contribution >= 4 is 41.0 Å². The number of aromatic nitrogens is 3. The highest BCUT2D eigenvalue weighted by molar-refractivity contribution is 6.14. The summed E-state index contributed by atoms with van der Waals surface area (Å²) in [6.45, 7) is 0. The minimum atomic E-state index is -0.504. The van der Waals surface area contributed by atoms with E-state index in [1.54, 1.807) is 28.9 Å². The quantitative estimate of drug-likeness (QED) is 0.401. The van der Waals surface area contributed by atoms with Gasteiger partial charge in [-0.05, 0) is 31.1 Å². The van der Waals surface area contributed by atoms with E-state index in [1.165, 1.54) is 26.3 Å². The Bertz CT molecular complexity index is 1280. The average molecular weight is 437 g/mol. The van der Waals surface area contributed by atoms with Crippen LogP contribution in [0.1, 0.15) is 18.4 Å². The standard InChI is InChI=1S/C21H20FN7O3/c1-28-20(30)14(25-21(28)31)8-11-10-23-29-17(24-12-6-7-12)9-16(27-19(11)29)26-18-13(22)4-3-5-15(18)32-2/h3-5,8-10,12,24H,6-7H2,1-2H3,(H,25,31)(H,26,27)/b14-8-. The fourth-order valence-corrected chi connectivity index (χ4v) is 3.39. The zero-order valence-electron chi connectivity index (χ0n) is 17.3. The van der Waals surface area contributed by atoms with Crippen molar-refractivity contribution in [2.75, 3.05) is 24.8 Å². The largest absolute Gasteiger partial charge is 0.494 e. The molecule has 0 atom stereocenters. The average Bonchev–Trinajstić information content (AvgIpc) is 3.46. The number of imide groups is 1. The van der Waals surface area contributed by atoms with Crippen molar-refractivity contribution < 1.29 is 18.7 Å². The van der Waals surface area contributed by atoms with Gasteiger partial charge in [-0.25, -0.2) is 14.2 Å². The molecule has 3 heterocycles. The van der Waals surface area contributed by atoms with E-state index in [2.05, 4.69) is 26.0 Å². The normalized spacial score (nSPS) is 17.2. The maximum absolute atomic E-state index is 14.5. The monoisotopic (exact) mass is 437 g/mol. The zero-order valence-corrected chi connectivity index (χ0v) is 17.3. The topological polar surface area (TPSA) is 113 Å². The number of carbonyl (C=O) groups is 2. The number of nitrogens with zero attached hydrogens (tertiary/aromatic N) is 4. The Kier molecular flexibility index (Phi) is 4.65. The molecular formula is C21H20FN7O3. The van der Waals surface area contributed by atoms with Gasteiger partial charge >= 0.3 is 6.03 Å². The lowest BCUT2D eigenvalue weighted by atomic mass is 10.2. The highest BCUT2D eigenvalue weighted by Crippen LogP contribution is 2.32. The number of nitrogens with one attached hydrogen (secondary N) is 3. The number of anilines is 3. The number of amides is 3. The fraction of sp³-hybridized carbons (Fsp3) is 0.238. The second kappa shape index (κ2) is 7.52. The summed E-state index contributed by atoms with van der Waals surface area (Å²) in [6, 6.07) is 6.08. The van der Waals surface area contributed by atoms with Gasteiger partial charge in [0.25, 0.3) is 5.91 Å². The molecule has 5 rings (SSSR count). The number of likely N-dealkylation sites (N-methyl/N-ethyl adjacent to an activating group) is 1. The van der Waals surface area contributed by atoms with Gasteiger partial charge in [0.2, 0.25) is 0 Å². The van der Waals surface area contributed by atoms with Gasteiger partial charge in [-0.1, -0.05) is 6.07 Å². The van der Waals surface area contributed by atoms with Gasteiger partial charge in [-0.15, -0.1) is 0 Å². The van der Waals surface area contributed by atoms with Gasteiger partial charge in [0.05, 0.1) is 13.3 Å². The van der Waals surface area contributed by atoms with Crippen LogP contribution in [0.3, 0.4) is 0 Å². The van der Waals surface area contributed by atoms with Crippen LogP contribution in [-0.4, -0.2) is 51.6 Å². The Labute approximate surface area is 182 Å². The number of halogens is 1. The van der Waals surface area contributed by atoms with E-state index < -0.39 is 17.8 Å². The Morgan fingerprint density at radius 2 is 2.12 bits per heavy atom. The van der Waals surface area contributed by atoms with Crippen molar-refractivity contribution in [3.63, 3.8) is 0 Å². The molecule has 2 aromatic heterocycles. The van der Waals surface area contributed by atoms with Crippen molar-refractivity contribution in [1.29, 1.82) is 0 Å². The number of para-hydroxylation sites is 1. The summed E-state index contributed by atoms with van der Waals surface area (Å²) in [5, 5.41) is 13.3. The van der Waals surface area contributed by atoms with E-state index in [0.29, 0.717) is 34.6 Å². The molecule has 3 amide bonds. The summed E-state index contributed by atoms with van der Waals surface area (Å²) < 4.78 is 21.3. The second-order valence-corrected chi connectivity index (χ2v) is 7.57. The fourth-order valence-electron chi connectivity index (χ4n) is 3.39. The molecule has 3 aromatic rings. The van der Waals surface area contributed by atoms with Gasteiger partial charge in [0, 0.05) is 24.7 Å². The molecular weight excluding hydrogens is 417 g/mol. The molecule has 1 saturated carbocycles. The molecule has 164 valence electrons. The molecule has 2 aliphatic rings. The van der Waals surface area contributed by atoms with Crippen molar-refractivity contribution in [2.45, 2.75) is 18.9 Å². The highest BCUT2D eigenvalue weighted by atomic mass is 19.1. The molecule has 0 unspecified atom stereocenters. The van der Waals surface area contributed by atoms with Crippen LogP contribution < -0.4 is 20.7 Å². The minimum Gasteiger partial charge on any atom is -0.494 e. The first-order valence-corrected chi connectivity index (χ1v) is 10.00. The van der Waals surface area contributed by atoms with Gasteiger partial charge in [-0.2, -0.15) is 9.61 Å². The SMILES string of the molecule is COc1cccc(F)c1Nc1cc(NC2CC2)n2ncc(/C=C3\NC(=O)N(C)C3=O)c2n1. The Morgan fingerprint density at radius 1 is 1.31 bits per heavy atom. The smallest absolute Gasteiger partial charge is 0.328 e. The molecule has 1 aromatic carbocycles. The predicted molar refractivity (Wildman–Crippen MR) is 115 cm³/mol. The second-order valence-electron chi connectivity index (χ2n) is 7.57. The lowest BCUT2D eigenvalue weighted by Gasteiger charge is -2.14. The van der Waals surface area contributed by atoms with Gasteiger partial charge in [0.15, 0.2) is 11.5 Å².